The van der Waals surface area contributed by atoms with Gasteiger partial charge in [0.05, 0.1) is 9.58 Å². The number of fused-ring (bicyclic) bond motifs is 2. The average Bonchev–Trinajstić information content (AvgIpc) is 3.31. The zero-order valence-electron chi connectivity index (χ0n) is 22.4. The van der Waals surface area contributed by atoms with E-state index < -0.39 is 23.8 Å². The number of aryl methyl sites for hydroxylation is 1. The predicted molar refractivity (Wildman–Crippen MR) is 154 cm³/mol. The van der Waals surface area contributed by atoms with E-state index in [9.17, 15) is 13.6 Å². The van der Waals surface area contributed by atoms with Crippen molar-refractivity contribution in [1.29, 1.82) is 0 Å². The molecule has 0 bridgehead atoms. The third-order valence-electron chi connectivity index (χ3n) is 7.82. The van der Waals surface area contributed by atoms with Crippen LogP contribution in [0.15, 0.2) is 53.7 Å². The molecule has 6 nitrogen and oxygen atoms in total. The minimum atomic E-state index is -0.582. The van der Waals surface area contributed by atoms with Crippen molar-refractivity contribution in [3.05, 3.63) is 82.0 Å². The van der Waals surface area contributed by atoms with Crippen molar-refractivity contribution in [2.75, 3.05) is 0 Å². The monoisotopic (exact) mass is 560 g/mol. The number of halogens is 2. The van der Waals surface area contributed by atoms with Gasteiger partial charge < -0.3 is 15.4 Å². The summed E-state index contributed by atoms with van der Waals surface area (Å²) < 4.78 is 36.3. The molecule has 0 spiro atoms. The summed E-state index contributed by atoms with van der Waals surface area (Å²) in [6.45, 7) is 4.24. The quantitative estimate of drug-likeness (QED) is 0.292. The molecule has 3 heterocycles. The van der Waals surface area contributed by atoms with Crippen LogP contribution < -0.4 is 10.5 Å². The number of rotatable bonds is 4. The topological polar surface area (TPSA) is 80.8 Å². The summed E-state index contributed by atoms with van der Waals surface area (Å²) in [6.07, 6.45) is 6.52. The fourth-order valence-electron chi connectivity index (χ4n) is 5.83. The Hall–Kier alpha value is -3.85. The molecule has 2 aromatic heterocycles. The van der Waals surface area contributed by atoms with Crippen LogP contribution in [0.25, 0.3) is 21.2 Å². The number of hydrogen-bond donors (Lipinski definition) is 1. The molecule has 1 saturated carbocycles. The summed E-state index contributed by atoms with van der Waals surface area (Å²) in [5.41, 5.74) is 9.06. The molecular weight excluding hydrogens is 530 g/mol. The van der Waals surface area contributed by atoms with Crippen molar-refractivity contribution in [1.82, 2.24) is 9.88 Å². The van der Waals surface area contributed by atoms with Crippen LogP contribution in [0, 0.1) is 18.6 Å². The number of benzene rings is 2. The second kappa shape index (κ2) is 10.6. The number of ether oxygens (including phenoxy) is 1. The van der Waals surface area contributed by atoms with Crippen LogP contribution >= 0.6 is 11.3 Å². The summed E-state index contributed by atoms with van der Waals surface area (Å²) in [5, 5.41) is 0.313. The number of primary amides is 1. The molecule has 1 unspecified atom stereocenters. The number of aliphatic imine (C=N–C) groups is 1. The number of thiophene rings is 1. The maximum Gasteiger partial charge on any atom is 0.267 e. The first-order valence-corrected chi connectivity index (χ1v) is 14.4. The van der Waals surface area contributed by atoms with Crippen molar-refractivity contribution in [3.63, 3.8) is 0 Å². The van der Waals surface area contributed by atoms with Gasteiger partial charge in [-0.15, -0.1) is 11.3 Å². The molecule has 1 amide bonds. The van der Waals surface area contributed by atoms with E-state index in [0.717, 1.165) is 53.0 Å². The zero-order valence-corrected chi connectivity index (χ0v) is 23.2. The van der Waals surface area contributed by atoms with E-state index >= 15 is 0 Å². The van der Waals surface area contributed by atoms with Gasteiger partial charge in [-0.2, -0.15) is 0 Å². The Morgan fingerprint density at radius 3 is 2.55 bits per heavy atom. The number of amides is 1. The van der Waals surface area contributed by atoms with Crippen LogP contribution in [-0.4, -0.2) is 33.9 Å². The minimum absolute atomic E-state index is 0.201. The molecule has 2 aromatic carbocycles. The largest absolute Gasteiger partial charge is 0.469 e. The molecular formula is C31H30F2N4O2S. The molecule has 2 aliphatic rings. The molecule has 4 aromatic rings. The second-order valence-corrected chi connectivity index (χ2v) is 11.5. The molecule has 1 aliphatic carbocycles. The van der Waals surface area contributed by atoms with Gasteiger partial charge in [0.25, 0.3) is 5.91 Å². The van der Waals surface area contributed by atoms with E-state index in [2.05, 4.69) is 16.0 Å². The lowest BCUT2D eigenvalue weighted by Gasteiger charge is -2.38. The zero-order chi connectivity index (χ0) is 28.0. The fourth-order valence-corrected chi connectivity index (χ4v) is 7.07. The molecule has 1 aliphatic heterocycles. The van der Waals surface area contributed by atoms with Crippen LogP contribution in [0.2, 0.25) is 0 Å². The highest BCUT2D eigenvalue weighted by Crippen LogP contribution is 2.39. The number of nitrogens with zero attached hydrogens (tertiary/aromatic N) is 3. The highest BCUT2D eigenvalue weighted by Gasteiger charge is 2.31. The van der Waals surface area contributed by atoms with E-state index in [0.29, 0.717) is 28.0 Å². The summed E-state index contributed by atoms with van der Waals surface area (Å²) in [6, 6.07) is 12.1. The van der Waals surface area contributed by atoms with Gasteiger partial charge >= 0.3 is 0 Å². The molecule has 6 rings (SSSR count). The van der Waals surface area contributed by atoms with E-state index in [-0.39, 0.29) is 11.7 Å². The van der Waals surface area contributed by atoms with Gasteiger partial charge in [0, 0.05) is 29.7 Å². The number of hydrogen-bond acceptors (Lipinski definition) is 6. The average molecular weight is 561 g/mol. The number of carbonyl (C=O) groups is 1. The smallest absolute Gasteiger partial charge is 0.267 e. The lowest BCUT2D eigenvalue weighted by atomic mass is 9.93. The fraction of sp³-hybridized carbons (Fsp3) is 0.323. The maximum absolute atomic E-state index is 14.9. The molecule has 0 radical (unpaired) electrons. The van der Waals surface area contributed by atoms with Crippen LogP contribution in [0.5, 0.6) is 5.75 Å². The normalized spacial score (nSPS) is 19.4. The Balaban J connectivity index is 1.48. The van der Waals surface area contributed by atoms with Gasteiger partial charge in [0.1, 0.15) is 28.9 Å². The number of aromatic nitrogens is 1. The SMILES string of the molecule is Cc1c(/C2=N\C(C)Oc3ccc(-c4ccnc(C(N)=O)c4)cc3CN2C2CCCCC2)sc2c(F)ccc(F)c12. The molecule has 0 saturated heterocycles. The highest BCUT2D eigenvalue weighted by atomic mass is 32.1. The van der Waals surface area contributed by atoms with Crippen molar-refractivity contribution < 1.29 is 18.3 Å². The van der Waals surface area contributed by atoms with Gasteiger partial charge in [-0.3, -0.25) is 9.78 Å². The minimum Gasteiger partial charge on any atom is -0.469 e. The van der Waals surface area contributed by atoms with E-state index in [1.54, 1.807) is 12.3 Å². The predicted octanol–water partition coefficient (Wildman–Crippen LogP) is 6.97. The highest BCUT2D eigenvalue weighted by molar-refractivity contribution is 7.21. The number of carbonyl (C=O) groups excluding carboxylic acids is 1. The van der Waals surface area contributed by atoms with Crippen molar-refractivity contribution in [2.45, 2.75) is 64.8 Å². The lowest BCUT2D eigenvalue weighted by molar-refractivity contribution is 0.0995. The van der Waals surface area contributed by atoms with E-state index in [1.165, 1.54) is 29.9 Å². The van der Waals surface area contributed by atoms with Gasteiger partial charge in [-0.25, -0.2) is 13.8 Å². The van der Waals surface area contributed by atoms with Gasteiger partial charge in [-0.05, 0) is 79.8 Å². The van der Waals surface area contributed by atoms with Crippen LogP contribution in [0.1, 0.15) is 65.5 Å². The molecule has 1 fully saturated rings. The van der Waals surface area contributed by atoms with E-state index in [4.69, 9.17) is 15.5 Å². The number of pyridine rings is 1. The first-order valence-electron chi connectivity index (χ1n) is 13.6. The Labute approximate surface area is 235 Å². The molecule has 9 heteroatoms. The third-order valence-corrected chi connectivity index (χ3v) is 9.11. The summed E-state index contributed by atoms with van der Waals surface area (Å²) in [5.74, 6) is 0.000589. The van der Waals surface area contributed by atoms with Gasteiger partial charge in [0.15, 0.2) is 6.23 Å². The Bertz CT molecular complexity index is 1640. The lowest BCUT2D eigenvalue weighted by Crippen LogP contribution is -2.43. The standard InChI is InChI=1S/C31H30F2N4O2S/c1-17-27-23(32)9-10-24(33)29(27)40-28(17)31-36-18(2)39-26-11-8-19(20-12-13-35-25(15-20)30(34)38)14-21(26)16-37(31)22-6-4-3-5-7-22/h8-15,18,22H,3-7,16H2,1-2H3,(H2,34,38)/b36-31+. The molecule has 206 valence electrons. The van der Waals surface area contributed by atoms with Crippen molar-refractivity contribution in [2.24, 2.45) is 10.7 Å². The molecule has 2 N–H and O–H groups in total. The Kier molecular flexibility index (Phi) is 7.00. The summed E-state index contributed by atoms with van der Waals surface area (Å²) in [7, 11) is 0. The van der Waals surface area contributed by atoms with Gasteiger partial charge in [0.2, 0.25) is 0 Å². The second-order valence-electron chi connectivity index (χ2n) is 10.5. The summed E-state index contributed by atoms with van der Waals surface area (Å²) >= 11 is 1.25. The van der Waals surface area contributed by atoms with Gasteiger partial charge in [-0.1, -0.05) is 25.3 Å². The van der Waals surface area contributed by atoms with Crippen LogP contribution in [0.3, 0.4) is 0 Å². The third kappa shape index (κ3) is 4.83. The Morgan fingerprint density at radius 1 is 1.05 bits per heavy atom. The molecule has 1 atom stereocenters. The molecule has 40 heavy (non-hydrogen) atoms. The number of amidine groups is 1. The first kappa shape index (κ1) is 26.4. The van der Waals surface area contributed by atoms with Crippen LogP contribution in [-0.2, 0) is 6.54 Å². The van der Waals surface area contributed by atoms with Crippen molar-refractivity contribution in [3.8, 4) is 16.9 Å². The Morgan fingerprint density at radius 2 is 1.80 bits per heavy atom. The maximum atomic E-state index is 14.9. The number of nitrogens with two attached hydrogens (primary N) is 1. The van der Waals surface area contributed by atoms with Crippen molar-refractivity contribution >= 4 is 33.2 Å². The first-order chi connectivity index (χ1) is 19.3. The van der Waals surface area contributed by atoms with E-state index in [1.807, 2.05) is 32.0 Å². The van der Waals surface area contributed by atoms with Crippen LogP contribution in [0.4, 0.5) is 8.78 Å². The summed E-state index contributed by atoms with van der Waals surface area (Å²) in [4.78, 5) is 23.9.